The van der Waals surface area contributed by atoms with Gasteiger partial charge in [0.1, 0.15) is 0 Å². The third kappa shape index (κ3) is 6.56. The monoisotopic (exact) mass is 578 g/mol. The van der Waals surface area contributed by atoms with Gasteiger partial charge in [-0.15, -0.1) is 0 Å². The Morgan fingerprint density at radius 1 is 0.390 bits per heavy atom. The van der Waals surface area contributed by atoms with E-state index >= 15 is 0 Å². The Morgan fingerprint density at radius 2 is 0.707 bits per heavy atom. The second-order valence-corrected chi connectivity index (χ2v) is 25.0. The Kier molecular flexibility index (Phi) is 7.88. The van der Waals surface area contributed by atoms with Gasteiger partial charge in [0.05, 0.1) is 0 Å². The first-order valence-electron chi connectivity index (χ1n) is 14.1. The Balaban J connectivity index is 1.60. The predicted molar refractivity (Wildman–Crippen MR) is 186 cm³/mol. The van der Waals surface area contributed by atoms with Crippen LogP contribution in [0.5, 0.6) is 0 Å². The molecule has 0 aliphatic heterocycles. The molecule has 0 spiro atoms. The first-order chi connectivity index (χ1) is 19.4. The Morgan fingerprint density at radius 3 is 1.10 bits per heavy atom. The summed E-state index contributed by atoms with van der Waals surface area (Å²) in [4.78, 5) is 0. The van der Waals surface area contributed by atoms with Gasteiger partial charge >= 0.3 is 248 Å². The quantitative estimate of drug-likeness (QED) is 0.130. The van der Waals surface area contributed by atoms with E-state index in [1.165, 1.54) is 32.9 Å². The third-order valence-electron chi connectivity index (χ3n) is 7.62. The molecule has 0 heterocycles. The molecule has 0 saturated heterocycles. The minimum absolute atomic E-state index is 0.542. The summed E-state index contributed by atoms with van der Waals surface area (Å²) in [5.74, 6) is 0. The molecule has 0 unspecified atom stereocenters. The van der Waals surface area contributed by atoms with Crippen LogP contribution >= 0.6 is 13.7 Å². The standard InChI is InChI=1S/C36H41BO2P2/c1-40(2,3,35-28-18-16-26-33(35)30-20-10-7-11-21-30)38-37(32-24-14-9-15-25-32)39-41(4,5,6)36-29-19-17-27-34(36)31-22-12-8-13-23-31/h7-29H,1-6H3. The molecule has 0 atom stereocenters. The fourth-order valence-electron chi connectivity index (χ4n) is 5.53. The maximum atomic E-state index is 7.37. The van der Waals surface area contributed by atoms with Crippen LogP contribution in [0.2, 0.25) is 0 Å². The summed E-state index contributed by atoms with van der Waals surface area (Å²) in [5, 5.41) is 2.48. The van der Waals surface area contributed by atoms with Crippen molar-refractivity contribution in [2.75, 3.05) is 40.0 Å². The van der Waals surface area contributed by atoms with E-state index in [0.29, 0.717) is 0 Å². The number of hydrogen-bond acceptors (Lipinski definition) is 2. The van der Waals surface area contributed by atoms with Gasteiger partial charge in [0, 0.05) is 0 Å². The zero-order valence-corrected chi connectivity index (χ0v) is 26.9. The van der Waals surface area contributed by atoms with E-state index in [1.807, 2.05) is 6.07 Å². The molecule has 210 valence electrons. The second kappa shape index (κ2) is 11.0. The van der Waals surface area contributed by atoms with Gasteiger partial charge in [0.15, 0.2) is 0 Å². The van der Waals surface area contributed by atoms with Crippen LogP contribution < -0.4 is 16.1 Å². The average molecular weight is 578 g/mol. The Labute approximate surface area is 246 Å². The SMILES string of the molecule is CP(C)(C)(OB(OP(C)(C)(C)c1ccccc1-c1ccccc1)c1ccccc1)c1ccccc1-c1ccccc1. The van der Waals surface area contributed by atoms with Crippen LogP contribution in [0.15, 0.2) is 140 Å². The maximum absolute atomic E-state index is 7.37. The molecule has 5 rings (SSSR count). The summed E-state index contributed by atoms with van der Waals surface area (Å²) in [6.07, 6.45) is 0. The van der Waals surface area contributed by atoms with E-state index in [0.717, 1.165) is 5.46 Å². The van der Waals surface area contributed by atoms with Crippen molar-refractivity contribution in [2.45, 2.75) is 0 Å². The summed E-state index contributed by atoms with van der Waals surface area (Å²) in [7, 11) is -0.542. The second-order valence-electron chi connectivity index (χ2n) is 13.0. The molecule has 0 N–H and O–H groups in total. The predicted octanol–water partition coefficient (Wildman–Crippen LogP) is 8.12. The van der Waals surface area contributed by atoms with Gasteiger partial charge in [-0.1, -0.05) is 0 Å². The summed E-state index contributed by atoms with van der Waals surface area (Å²) >= 11 is 0. The van der Waals surface area contributed by atoms with Gasteiger partial charge in [0.25, 0.3) is 0 Å². The van der Waals surface area contributed by atoms with Gasteiger partial charge in [0.2, 0.25) is 0 Å². The van der Waals surface area contributed by atoms with Crippen LogP contribution in [0, 0.1) is 0 Å². The molecule has 0 aromatic heterocycles. The average Bonchev–Trinajstić information content (AvgIpc) is 2.97. The Bertz CT molecular complexity index is 1520. The first-order valence-corrected chi connectivity index (χ1v) is 21.1. The van der Waals surface area contributed by atoms with Crippen LogP contribution in [-0.2, 0) is 8.88 Å². The molecule has 5 heteroatoms. The summed E-state index contributed by atoms with van der Waals surface area (Å²) in [5.41, 5.74) is 5.84. The van der Waals surface area contributed by atoms with Crippen LogP contribution in [-0.4, -0.2) is 47.1 Å². The molecular weight excluding hydrogens is 537 g/mol. The van der Waals surface area contributed by atoms with E-state index in [4.69, 9.17) is 8.88 Å². The van der Waals surface area contributed by atoms with E-state index in [2.05, 4.69) is 173 Å². The van der Waals surface area contributed by atoms with Crippen LogP contribution in [0.25, 0.3) is 22.3 Å². The van der Waals surface area contributed by atoms with Crippen molar-refractivity contribution in [3.05, 3.63) is 140 Å². The number of benzene rings is 5. The molecule has 0 amide bonds. The fourth-order valence-corrected chi connectivity index (χ4v) is 10.7. The molecule has 0 aliphatic carbocycles. The third-order valence-corrected chi connectivity index (χ3v) is 13.5. The molecule has 0 radical (unpaired) electrons. The first kappa shape index (κ1) is 29.4. The van der Waals surface area contributed by atoms with Crippen molar-refractivity contribution in [2.24, 2.45) is 0 Å². The normalized spacial score (nSPS) is 13.9. The zero-order chi connectivity index (χ0) is 29.2. The van der Waals surface area contributed by atoms with E-state index in [9.17, 15) is 0 Å². The van der Waals surface area contributed by atoms with Gasteiger partial charge < -0.3 is 0 Å². The van der Waals surface area contributed by atoms with Crippen molar-refractivity contribution in [3.63, 3.8) is 0 Å². The molecule has 5 aromatic rings. The molecule has 41 heavy (non-hydrogen) atoms. The van der Waals surface area contributed by atoms with Crippen molar-refractivity contribution in [1.82, 2.24) is 0 Å². The van der Waals surface area contributed by atoms with Crippen LogP contribution in [0.4, 0.5) is 0 Å². The summed E-state index contributed by atoms with van der Waals surface area (Å²) in [6, 6.07) is 49.0. The fraction of sp³-hybridized carbons (Fsp3) is 0.167. The van der Waals surface area contributed by atoms with E-state index < -0.39 is 20.8 Å². The van der Waals surface area contributed by atoms with Gasteiger partial charge in [-0.3, -0.25) is 0 Å². The topological polar surface area (TPSA) is 18.5 Å². The van der Waals surface area contributed by atoms with Crippen molar-refractivity contribution < 1.29 is 8.88 Å². The van der Waals surface area contributed by atoms with Crippen molar-refractivity contribution >= 4 is 36.9 Å². The molecule has 5 aromatic carbocycles. The molecule has 0 aliphatic rings. The van der Waals surface area contributed by atoms with Gasteiger partial charge in [-0.25, -0.2) is 0 Å². The molecule has 2 nitrogen and oxygen atoms in total. The molecular formula is C36H41BO2P2. The van der Waals surface area contributed by atoms with Crippen LogP contribution in [0.3, 0.4) is 0 Å². The van der Waals surface area contributed by atoms with Crippen molar-refractivity contribution in [3.8, 4) is 22.3 Å². The van der Waals surface area contributed by atoms with Crippen LogP contribution in [0.1, 0.15) is 0 Å². The van der Waals surface area contributed by atoms with Gasteiger partial charge in [-0.05, 0) is 0 Å². The molecule has 0 fully saturated rings. The zero-order valence-electron chi connectivity index (χ0n) is 25.1. The summed E-state index contributed by atoms with van der Waals surface area (Å²) in [6.45, 7) is 7.81. The number of hydrogen-bond donors (Lipinski definition) is 0. The molecule has 0 bridgehead atoms. The van der Waals surface area contributed by atoms with E-state index in [1.54, 1.807) is 0 Å². The summed E-state index contributed by atoms with van der Waals surface area (Å²) < 4.78 is 14.7. The molecule has 0 saturated carbocycles. The van der Waals surface area contributed by atoms with Crippen molar-refractivity contribution in [1.29, 1.82) is 0 Å². The Hall–Kier alpha value is -3.06. The van der Waals surface area contributed by atoms with E-state index in [-0.39, 0.29) is 0 Å². The minimum atomic E-state index is -2.97. The van der Waals surface area contributed by atoms with Gasteiger partial charge in [-0.2, -0.15) is 0 Å². The number of rotatable bonds is 9.